The Labute approximate surface area is 342 Å². The highest BCUT2D eigenvalue weighted by atomic mass is 16.5. The lowest BCUT2D eigenvalue weighted by Gasteiger charge is -2.26. The number of nitrogens with zero attached hydrogens (tertiary/aromatic N) is 4. The quantitative estimate of drug-likeness (QED) is 0.163. The molecule has 8 aromatic rings. The molecule has 1 aliphatic heterocycles. The number of ether oxygens (including phenoxy) is 1. The summed E-state index contributed by atoms with van der Waals surface area (Å²) >= 11 is 0. The average molecular weight is 740 g/mol. The summed E-state index contributed by atoms with van der Waals surface area (Å²) in [6.07, 6.45) is 0. The molecule has 0 radical (unpaired) electrons. The monoisotopic (exact) mass is 739 g/mol. The van der Waals surface area contributed by atoms with E-state index in [0.29, 0.717) is 39.2 Å². The maximum absolute atomic E-state index is 8.80. The number of fused-ring (bicyclic) bond motifs is 2. The van der Waals surface area contributed by atoms with Gasteiger partial charge in [0, 0.05) is 30.6 Å². The zero-order valence-electron chi connectivity index (χ0n) is 40.4. The van der Waals surface area contributed by atoms with Crippen molar-refractivity contribution in [1.82, 2.24) is 9.55 Å². The summed E-state index contributed by atoms with van der Waals surface area (Å²) in [5, 5.41) is 0. The first-order valence-corrected chi connectivity index (χ1v) is 18.7. The minimum atomic E-state index is -2.68. The summed E-state index contributed by atoms with van der Waals surface area (Å²) in [6.45, 7) is -1.30. The number of aryl methyl sites for hydroxylation is 2. The van der Waals surface area contributed by atoms with Crippen LogP contribution in [0.15, 0.2) is 158 Å². The van der Waals surface area contributed by atoms with Crippen LogP contribution in [0.25, 0.3) is 50.1 Å². The van der Waals surface area contributed by atoms with Gasteiger partial charge in [0.15, 0.2) is 0 Å². The molecule has 0 atom stereocenters. The summed E-state index contributed by atoms with van der Waals surface area (Å²) in [5.74, 6) is 0.442. The fraction of sp³-hybridized carbons (Fsp3) is 0.157. The second-order valence-corrected chi connectivity index (χ2v) is 15.2. The van der Waals surface area contributed by atoms with E-state index in [0.717, 1.165) is 33.6 Å². The summed E-state index contributed by atoms with van der Waals surface area (Å²) in [5.41, 5.74) is 7.95. The number of hydrogen-bond acceptors (Lipinski definition) is 4. The van der Waals surface area contributed by atoms with Crippen molar-refractivity contribution in [2.75, 3.05) is 23.4 Å². The lowest BCUT2D eigenvalue weighted by Crippen LogP contribution is -2.24. The zero-order valence-corrected chi connectivity index (χ0v) is 31.4. The second-order valence-electron chi connectivity index (χ2n) is 15.2. The summed E-state index contributed by atoms with van der Waals surface area (Å²) in [4.78, 5) is 8.58. The van der Waals surface area contributed by atoms with Crippen molar-refractivity contribution in [3.8, 4) is 50.8 Å². The van der Waals surface area contributed by atoms with Crippen LogP contribution in [0.3, 0.4) is 0 Å². The summed E-state index contributed by atoms with van der Waals surface area (Å²) in [6, 6.07) is 48.5. The maximum Gasteiger partial charge on any atom is 0.307 e. The van der Waals surface area contributed by atoms with Crippen molar-refractivity contribution in [3.63, 3.8) is 0 Å². The van der Waals surface area contributed by atoms with Crippen LogP contribution in [0, 0.1) is 13.7 Å². The number of para-hydroxylation sites is 2. The van der Waals surface area contributed by atoms with Gasteiger partial charge in [0.2, 0.25) is 0 Å². The van der Waals surface area contributed by atoms with E-state index in [1.807, 2.05) is 102 Å². The topological polar surface area (TPSA) is 33.5 Å². The molecule has 0 saturated heterocycles. The largest absolute Gasteiger partial charge is 0.425 e. The first-order valence-electron chi connectivity index (χ1n) is 23.2. The van der Waals surface area contributed by atoms with Crippen molar-refractivity contribution in [1.29, 1.82) is 0 Å². The third kappa shape index (κ3) is 6.39. The van der Waals surface area contributed by atoms with Gasteiger partial charge >= 0.3 is 6.01 Å². The molecule has 1 aliphatic rings. The molecule has 5 heteroatoms. The highest BCUT2D eigenvalue weighted by molar-refractivity contribution is 5.96. The Morgan fingerprint density at radius 1 is 0.589 bits per heavy atom. The zero-order chi connectivity index (χ0) is 46.1. The van der Waals surface area contributed by atoms with Crippen LogP contribution in [0.1, 0.15) is 49.8 Å². The molecule has 0 N–H and O–H groups in total. The van der Waals surface area contributed by atoms with E-state index in [-0.39, 0.29) is 34.9 Å². The Morgan fingerprint density at radius 3 is 2.04 bits per heavy atom. The van der Waals surface area contributed by atoms with Crippen LogP contribution < -0.4 is 14.5 Å². The molecule has 0 spiro atoms. The summed E-state index contributed by atoms with van der Waals surface area (Å²) < 4.78 is 86.2. The third-order valence-electron chi connectivity index (χ3n) is 10.4. The number of hydrogen-bond donors (Lipinski definition) is 0. The Balaban J connectivity index is 1.27. The molecule has 1 aromatic heterocycles. The third-order valence-corrected chi connectivity index (χ3v) is 10.4. The van der Waals surface area contributed by atoms with E-state index in [1.165, 1.54) is 17.0 Å². The van der Waals surface area contributed by atoms with Crippen molar-refractivity contribution in [2.45, 2.75) is 39.9 Å². The molecular formula is C51H46N4O. The van der Waals surface area contributed by atoms with Gasteiger partial charge in [-0.05, 0) is 118 Å². The number of benzene rings is 7. The van der Waals surface area contributed by atoms with Crippen LogP contribution in [-0.4, -0.2) is 23.2 Å². The van der Waals surface area contributed by atoms with E-state index < -0.39 is 20.7 Å². The molecule has 56 heavy (non-hydrogen) atoms. The van der Waals surface area contributed by atoms with Gasteiger partial charge in [0.05, 0.1) is 29.2 Å². The van der Waals surface area contributed by atoms with Crippen LogP contribution in [0.5, 0.6) is 11.8 Å². The predicted molar refractivity (Wildman–Crippen MR) is 234 cm³/mol. The molecule has 2 heterocycles. The molecule has 0 unspecified atom stereocenters. The summed E-state index contributed by atoms with van der Waals surface area (Å²) in [7, 11) is 0. The van der Waals surface area contributed by atoms with Gasteiger partial charge in [-0.1, -0.05) is 124 Å². The molecule has 0 amide bonds. The van der Waals surface area contributed by atoms with E-state index in [9.17, 15) is 0 Å². The highest BCUT2D eigenvalue weighted by Crippen LogP contribution is 2.45. The Kier molecular flexibility index (Phi) is 6.53. The molecule has 9 rings (SSSR count). The fourth-order valence-electron chi connectivity index (χ4n) is 7.48. The van der Waals surface area contributed by atoms with Crippen molar-refractivity contribution in [3.05, 3.63) is 174 Å². The molecule has 0 aliphatic carbocycles. The lowest BCUT2D eigenvalue weighted by atomic mass is 9.84. The number of anilines is 3. The SMILES string of the molecule is [2H]C([2H])([2H])c1cc(-n2c(Oc3ccccc3)nc3c(-c4cc(N5CN(C([2H])([2H])[2H])c6cc(-c7ccccc7)ccc65)cc(C(C)(C)C)c4)cccc32)c(C([2H])([2H])[2H])cc1-c1ccccc1. The molecule has 7 aromatic carbocycles. The Morgan fingerprint density at radius 2 is 1.32 bits per heavy atom. The smallest absolute Gasteiger partial charge is 0.307 e. The number of rotatable bonds is 7. The van der Waals surface area contributed by atoms with E-state index in [2.05, 4.69) is 32.9 Å². The normalized spacial score (nSPS) is 15.7. The fourth-order valence-corrected chi connectivity index (χ4v) is 7.48. The molecular weight excluding hydrogens is 685 g/mol. The van der Waals surface area contributed by atoms with Crippen molar-refractivity contribution < 1.29 is 17.1 Å². The Bertz CT molecular complexity index is 3050. The molecule has 5 nitrogen and oxygen atoms in total. The maximum atomic E-state index is 8.80. The minimum absolute atomic E-state index is 0.0224. The Hall–Kier alpha value is -6.59. The van der Waals surface area contributed by atoms with E-state index in [4.69, 9.17) is 22.1 Å². The van der Waals surface area contributed by atoms with Crippen LogP contribution >= 0.6 is 0 Å². The van der Waals surface area contributed by atoms with Gasteiger partial charge in [0.1, 0.15) is 11.3 Å². The van der Waals surface area contributed by atoms with Gasteiger partial charge < -0.3 is 14.5 Å². The van der Waals surface area contributed by atoms with Gasteiger partial charge in [-0.15, -0.1) is 0 Å². The van der Waals surface area contributed by atoms with Crippen LogP contribution in [0.4, 0.5) is 17.1 Å². The minimum Gasteiger partial charge on any atom is -0.425 e. The first kappa shape index (κ1) is 26.3. The predicted octanol–water partition coefficient (Wildman–Crippen LogP) is 13.3. The van der Waals surface area contributed by atoms with Crippen LogP contribution in [-0.2, 0) is 5.41 Å². The molecule has 276 valence electrons. The van der Waals surface area contributed by atoms with E-state index >= 15 is 0 Å². The molecule has 0 bridgehead atoms. The van der Waals surface area contributed by atoms with Crippen molar-refractivity contribution in [2.24, 2.45) is 0 Å². The number of aromatic nitrogens is 2. The second kappa shape index (κ2) is 13.9. The van der Waals surface area contributed by atoms with E-state index in [1.54, 1.807) is 41.0 Å². The first-order chi connectivity index (χ1) is 30.8. The number of imidazole rings is 1. The van der Waals surface area contributed by atoms with Crippen LogP contribution in [0.2, 0.25) is 0 Å². The van der Waals surface area contributed by atoms with Gasteiger partial charge in [-0.25, -0.2) is 0 Å². The van der Waals surface area contributed by atoms with Gasteiger partial charge in [-0.2, -0.15) is 4.98 Å². The van der Waals surface area contributed by atoms with Gasteiger partial charge in [0.25, 0.3) is 0 Å². The van der Waals surface area contributed by atoms with Gasteiger partial charge in [-0.3, -0.25) is 4.57 Å². The van der Waals surface area contributed by atoms with Crippen molar-refractivity contribution >= 4 is 28.1 Å². The molecule has 0 fully saturated rings. The lowest BCUT2D eigenvalue weighted by molar-refractivity contribution is 0.437. The standard InChI is InChI=1S/C51H46N4O/c1-34-28-47(35(2)27-44(34)37-19-12-8-13-20-37)55-46-24-16-23-43(49(46)52-50(55)56-42-21-14-9-15-22-42)39-29-40(51(3,4)5)32-41(30-39)54-33-53(6)48-31-38(25-26-45(48)54)36-17-10-7-11-18-36/h7-32H,33H2,1-6H3/i1D3,2D3,6D3. The highest BCUT2D eigenvalue weighted by Gasteiger charge is 2.28. The average Bonchev–Trinajstić information content (AvgIpc) is 3.84. The molecule has 0 saturated carbocycles.